The largest absolute Gasteiger partial charge is 0.0622 e. The molecule has 0 spiro atoms. The third-order valence-electron chi connectivity index (χ3n) is 5.21. The van der Waals surface area contributed by atoms with E-state index in [0.717, 1.165) is 0 Å². The van der Waals surface area contributed by atoms with Crippen molar-refractivity contribution in [2.24, 2.45) is 0 Å². The maximum absolute atomic E-state index is 2.30. The van der Waals surface area contributed by atoms with Crippen LogP contribution < -0.4 is 0 Å². The smallest absolute Gasteiger partial charge is 0.0222 e. The van der Waals surface area contributed by atoms with E-state index in [1.165, 1.54) is 75.3 Å². The highest BCUT2D eigenvalue weighted by atomic mass is 14.2. The Morgan fingerprint density at radius 1 is 0.375 bits per heavy atom. The van der Waals surface area contributed by atoms with Crippen molar-refractivity contribution in [1.29, 1.82) is 0 Å². The molecule has 2 aromatic carbocycles. The molecule has 0 aliphatic heterocycles. The topological polar surface area (TPSA) is 0 Å². The first-order chi connectivity index (χ1) is 11.9. The molecule has 1 aliphatic carbocycles. The minimum absolute atomic E-state index is 1.22. The zero-order chi connectivity index (χ0) is 16.5. The number of hydrogen-bond donors (Lipinski definition) is 0. The van der Waals surface area contributed by atoms with E-state index in [1.807, 2.05) is 0 Å². The molecule has 0 saturated carbocycles. The van der Waals surface area contributed by atoms with E-state index in [1.54, 1.807) is 11.1 Å². The quantitative estimate of drug-likeness (QED) is 0.537. The number of benzene rings is 2. The molecule has 0 saturated heterocycles. The van der Waals surface area contributed by atoms with Gasteiger partial charge >= 0.3 is 0 Å². The zero-order valence-electron chi connectivity index (χ0n) is 14.8. The van der Waals surface area contributed by atoms with Gasteiger partial charge in [-0.1, -0.05) is 99.2 Å². The van der Waals surface area contributed by atoms with Crippen LogP contribution in [0.25, 0.3) is 11.1 Å². The van der Waals surface area contributed by atoms with E-state index in [2.05, 4.69) is 60.7 Å². The number of allylic oxidation sites excluding steroid dienone is 2. The fourth-order valence-electron chi connectivity index (χ4n) is 3.88. The third kappa shape index (κ3) is 4.84. The Bertz CT molecular complexity index is 564. The summed E-state index contributed by atoms with van der Waals surface area (Å²) in [6.07, 6.45) is 13.5. The fourth-order valence-corrected chi connectivity index (χ4v) is 3.88. The van der Waals surface area contributed by atoms with Crippen molar-refractivity contribution >= 4 is 11.1 Å². The van der Waals surface area contributed by atoms with Crippen LogP contribution in [0.1, 0.15) is 75.3 Å². The van der Waals surface area contributed by atoms with Crippen LogP contribution in [0.3, 0.4) is 0 Å². The molecule has 1 aliphatic rings. The summed E-state index contributed by atoms with van der Waals surface area (Å²) in [5.74, 6) is 0. The average Bonchev–Trinajstić information content (AvgIpc) is 2.64. The Balaban J connectivity index is 1.98. The van der Waals surface area contributed by atoms with Gasteiger partial charge in [0.1, 0.15) is 0 Å². The fraction of sp³-hybridized carbons (Fsp3) is 0.417. The Kier molecular flexibility index (Phi) is 6.71. The van der Waals surface area contributed by atoms with E-state index in [4.69, 9.17) is 0 Å². The lowest BCUT2D eigenvalue weighted by Crippen LogP contribution is -1.96. The standard InChI is InChI=1S/C24H30/c1-2-4-6-14-20-24(22-17-11-8-12-18-22)23(19-13-5-3-1)21-15-9-7-10-16-21/h7-12,15-18H,1-6,13-14,19-20H2. The minimum Gasteiger partial charge on any atom is -0.0622 e. The normalized spacial score (nSPS) is 17.8. The van der Waals surface area contributed by atoms with Crippen LogP contribution in [-0.2, 0) is 0 Å². The van der Waals surface area contributed by atoms with Gasteiger partial charge in [-0.2, -0.15) is 0 Å². The van der Waals surface area contributed by atoms with Crippen LogP contribution in [0.15, 0.2) is 60.7 Å². The summed E-state index contributed by atoms with van der Waals surface area (Å²) >= 11 is 0. The Hall–Kier alpha value is -1.82. The van der Waals surface area contributed by atoms with Gasteiger partial charge in [0.15, 0.2) is 0 Å². The van der Waals surface area contributed by atoms with Gasteiger partial charge in [0.2, 0.25) is 0 Å². The van der Waals surface area contributed by atoms with Gasteiger partial charge in [0.25, 0.3) is 0 Å². The van der Waals surface area contributed by atoms with Crippen molar-refractivity contribution in [1.82, 2.24) is 0 Å². The van der Waals surface area contributed by atoms with Crippen molar-refractivity contribution in [3.63, 3.8) is 0 Å². The van der Waals surface area contributed by atoms with Crippen LogP contribution in [0.5, 0.6) is 0 Å². The first-order valence-electron chi connectivity index (χ1n) is 9.78. The Morgan fingerprint density at radius 3 is 1.08 bits per heavy atom. The van der Waals surface area contributed by atoms with Gasteiger partial charge in [0.05, 0.1) is 0 Å². The van der Waals surface area contributed by atoms with Crippen molar-refractivity contribution in [2.45, 2.75) is 64.2 Å². The van der Waals surface area contributed by atoms with E-state index in [-0.39, 0.29) is 0 Å². The summed E-state index contributed by atoms with van der Waals surface area (Å²) in [5.41, 5.74) is 6.02. The van der Waals surface area contributed by atoms with Crippen LogP contribution >= 0.6 is 0 Å². The molecule has 0 aromatic heterocycles. The average molecular weight is 319 g/mol. The Labute approximate surface area is 147 Å². The summed E-state index contributed by atoms with van der Waals surface area (Å²) < 4.78 is 0. The molecule has 24 heavy (non-hydrogen) atoms. The molecule has 0 amide bonds. The second-order valence-electron chi connectivity index (χ2n) is 7.02. The maximum atomic E-state index is 2.30. The van der Waals surface area contributed by atoms with E-state index < -0.39 is 0 Å². The lowest BCUT2D eigenvalue weighted by Gasteiger charge is -2.18. The van der Waals surface area contributed by atoms with Gasteiger partial charge in [0, 0.05) is 0 Å². The molecule has 126 valence electrons. The molecule has 0 nitrogen and oxygen atoms in total. The van der Waals surface area contributed by atoms with Gasteiger partial charge in [-0.05, 0) is 48.0 Å². The molecule has 0 atom stereocenters. The second-order valence-corrected chi connectivity index (χ2v) is 7.02. The molecule has 0 N–H and O–H groups in total. The number of hydrogen-bond acceptors (Lipinski definition) is 0. The molecule has 0 heteroatoms. The van der Waals surface area contributed by atoms with Crippen molar-refractivity contribution < 1.29 is 0 Å². The summed E-state index contributed by atoms with van der Waals surface area (Å²) in [4.78, 5) is 0. The molecule has 0 bridgehead atoms. The van der Waals surface area contributed by atoms with E-state index in [0.29, 0.717) is 0 Å². The molecular weight excluding hydrogens is 288 g/mol. The van der Waals surface area contributed by atoms with Crippen molar-refractivity contribution in [3.8, 4) is 0 Å². The zero-order valence-corrected chi connectivity index (χ0v) is 14.8. The molecule has 0 fully saturated rings. The van der Waals surface area contributed by atoms with Crippen LogP contribution in [0.4, 0.5) is 0 Å². The van der Waals surface area contributed by atoms with Gasteiger partial charge in [-0.15, -0.1) is 0 Å². The minimum atomic E-state index is 1.22. The molecule has 0 heterocycles. The summed E-state index contributed by atoms with van der Waals surface area (Å²) in [7, 11) is 0. The monoisotopic (exact) mass is 318 g/mol. The SMILES string of the molecule is c1ccc(C2=C(c3ccccc3)CCCCCCCCCC2)cc1. The third-order valence-corrected chi connectivity index (χ3v) is 5.21. The van der Waals surface area contributed by atoms with Crippen molar-refractivity contribution in [3.05, 3.63) is 71.8 Å². The second kappa shape index (κ2) is 9.47. The predicted octanol–water partition coefficient (Wildman–Crippen LogP) is 7.51. The molecule has 0 radical (unpaired) electrons. The van der Waals surface area contributed by atoms with Crippen LogP contribution in [-0.4, -0.2) is 0 Å². The van der Waals surface area contributed by atoms with Crippen molar-refractivity contribution in [2.75, 3.05) is 0 Å². The summed E-state index contributed by atoms with van der Waals surface area (Å²) in [6.45, 7) is 0. The molecule has 0 unspecified atom stereocenters. The highest BCUT2D eigenvalue weighted by molar-refractivity contribution is 5.90. The molecule has 3 rings (SSSR count). The van der Waals surface area contributed by atoms with E-state index in [9.17, 15) is 0 Å². The molecular formula is C24H30. The number of rotatable bonds is 2. The van der Waals surface area contributed by atoms with Crippen LogP contribution in [0.2, 0.25) is 0 Å². The van der Waals surface area contributed by atoms with Gasteiger partial charge < -0.3 is 0 Å². The first-order valence-corrected chi connectivity index (χ1v) is 9.78. The lowest BCUT2D eigenvalue weighted by molar-refractivity contribution is 0.570. The predicted molar refractivity (Wildman–Crippen MR) is 106 cm³/mol. The molecule has 2 aromatic rings. The first kappa shape index (κ1) is 17.0. The van der Waals surface area contributed by atoms with Gasteiger partial charge in [-0.3, -0.25) is 0 Å². The maximum Gasteiger partial charge on any atom is -0.0222 e. The summed E-state index contributed by atoms with van der Waals surface area (Å²) in [5, 5.41) is 0. The van der Waals surface area contributed by atoms with Gasteiger partial charge in [-0.25, -0.2) is 0 Å². The highest BCUT2D eigenvalue weighted by Gasteiger charge is 2.12. The lowest BCUT2D eigenvalue weighted by atomic mass is 9.87. The Morgan fingerprint density at radius 2 is 0.708 bits per heavy atom. The van der Waals surface area contributed by atoms with Crippen LogP contribution in [0, 0.1) is 0 Å². The van der Waals surface area contributed by atoms with E-state index >= 15 is 0 Å². The summed E-state index contributed by atoms with van der Waals surface area (Å²) in [6, 6.07) is 22.2. The highest BCUT2D eigenvalue weighted by Crippen LogP contribution is 2.34.